The zero-order chi connectivity index (χ0) is 11.8. The average Bonchev–Trinajstić information content (AvgIpc) is 2.06. The summed E-state index contributed by atoms with van der Waals surface area (Å²) in [7, 11) is 0. The van der Waals surface area contributed by atoms with Gasteiger partial charge in [-0.15, -0.1) is 0 Å². The van der Waals surface area contributed by atoms with Crippen LogP contribution < -0.4 is 5.73 Å². The van der Waals surface area contributed by atoms with Crippen molar-refractivity contribution in [2.24, 2.45) is 11.1 Å². The lowest BCUT2D eigenvalue weighted by Crippen LogP contribution is -2.32. The van der Waals surface area contributed by atoms with Gasteiger partial charge in [-0.25, -0.2) is 0 Å². The van der Waals surface area contributed by atoms with Gasteiger partial charge < -0.3 is 10.5 Å². The molecule has 0 aromatic carbocycles. The second-order valence-corrected chi connectivity index (χ2v) is 3.92. The zero-order valence-electron chi connectivity index (χ0n) is 10.4. The Morgan fingerprint density at radius 3 is 2.07 bits per heavy atom. The third kappa shape index (κ3) is 8.05. The Hall–Kier alpha value is -0.570. The van der Waals surface area contributed by atoms with Crippen molar-refractivity contribution >= 4 is 5.91 Å². The third-order valence-electron chi connectivity index (χ3n) is 1.85. The van der Waals surface area contributed by atoms with Gasteiger partial charge in [-0.05, 0) is 20.3 Å². The lowest BCUT2D eigenvalue weighted by Gasteiger charge is -2.20. The van der Waals surface area contributed by atoms with Crippen LogP contribution in [-0.2, 0) is 9.53 Å². The van der Waals surface area contributed by atoms with Crippen molar-refractivity contribution in [1.82, 2.24) is 0 Å². The fraction of sp³-hybridized carbons (Fsp3) is 0.909. The standard InChI is InChI=1S/C9H19NO2.C2H6/c1-7(2)12-6-5-9(3,4)8(10)11;1-2/h7H,5-6H2,1-4H3,(H2,10,11);1-2H3. The van der Waals surface area contributed by atoms with Crippen molar-refractivity contribution in [3.05, 3.63) is 0 Å². The molecule has 0 radical (unpaired) electrons. The maximum absolute atomic E-state index is 10.9. The molecule has 0 atom stereocenters. The third-order valence-corrected chi connectivity index (χ3v) is 1.85. The Labute approximate surface area is 88.0 Å². The highest BCUT2D eigenvalue weighted by molar-refractivity contribution is 5.79. The Morgan fingerprint density at radius 2 is 1.79 bits per heavy atom. The van der Waals surface area contributed by atoms with Gasteiger partial charge in [-0.1, -0.05) is 27.7 Å². The van der Waals surface area contributed by atoms with Crippen molar-refractivity contribution in [2.45, 2.75) is 54.1 Å². The first-order valence-corrected chi connectivity index (χ1v) is 5.28. The van der Waals surface area contributed by atoms with Crippen LogP contribution in [0.4, 0.5) is 0 Å². The van der Waals surface area contributed by atoms with Gasteiger partial charge in [0.25, 0.3) is 0 Å². The Bertz CT molecular complexity index is 153. The van der Waals surface area contributed by atoms with E-state index in [1.807, 2.05) is 41.5 Å². The molecule has 0 rings (SSSR count). The van der Waals surface area contributed by atoms with E-state index in [4.69, 9.17) is 10.5 Å². The van der Waals surface area contributed by atoms with Crippen LogP contribution in [0.5, 0.6) is 0 Å². The molecule has 3 nitrogen and oxygen atoms in total. The van der Waals surface area contributed by atoms with E-state index in [0.717, 1.165) is 0 Å². The topological polar surface area (TPSA) is 52.3 Å². The molecule has 0 saturated carbocycles. The number of hydrogen-bond donors (Lipinski definition) is 1. The summed E-state index contributed by atoms with van der Waals surface area (Å²) in [4.78, 5) is 10.9. The first-order chi connectivity index (χ1) is 6.36. The number of nitrogens with two attached hydrogens (primary N) is 1. The first kappa shape index (κ1) is 15.9. The molecule has 1 amide bonds. The van der Waals surface area contributed by atoms with Crippen molar-refractivity contribution < 1.29 is 9.53 Å². The molecule has 0 aliphatic heterocycles. The smallest absolute Gasteiger partial charge is 0.223 e. The predicted octanol–water partition coefficient (Wildman–Crippen LogP) is 2.34. The molecule has 0 aliphatic carbocycles. The molecule has 0 heterocycles. The molecule has 3 heteroatoms. The summed E-state index contributed by atoms with van der Waals surface area (Å²) in [6.07, 6.45) is 0.897. The van der Waals surface area contributed by atoms with Crippen molar-refractivity contribution in [1.29, 1.82) is 0 Å². The molecule has 14 heavy (non-hydrogen) atoms. The second-order valence-electron chi connectivity index (χ2n) is 3.92. The molecular weight excluding hydrogens is 178 g/mol. The van der Waals surface area contributed by atoms with E-state index in [1.54, 1.807) is 0 Å². The van der Waals surface area contributed by atoms with Crippen LogP contribution >= 0.6 is 0 Å². The summed E-state index contributed by atoms with van der Waals surface area (Å²) < 4.78 is 5.32. The highest BCUT2D eigenvalue weighted by atomic mass is 16.5. The highest BCUT2D eigenvalue weighted by Crippen LogP contribution is 2.19. The molecule has 0 saturated heterocycles. The molecule has 0 aromatic rings. The van der Waals surface area contributed by atoms with Crippen LogP contribution in [0.2, 0.25) is 0 Å². The summed E-state index contributed by atoms with van der Waals surface area (Å²) in [5.74, 6) is -0.269. The van der Waals surface area contributed by atoms with Gasteiger partial charge >= 0.3 is 0 Å². The number of ether oxygens (including phenoxy) is 1. The first-order valence-electron chi connectivity index (χ1n) is 5.28. The lowest BCUT2D eigenvalue weighted by molar-refractivity contribution is -0.127. The zero-order valence-corrected chi connectivity index (χ0v) is 10.4. The van der Waals surface area contributed by atoms with Crippen molar-refractivity contribution in [3.8, 4) is 0 Å². The maximum atomic E-state index is 10.9. The van der Waals surface area contributed by atoms with Crippen molar-refractivity contribution in [2.75, 3.05) is 6.61 Å². The van der Waals surface area contributed by atoms with Gasteiger partial charge in [0.15, 0.2) is 0 Å². The Morgan fingerprint density at radius 1 is 1.36 bits per heavy atom. The fourth-order valence-electron chi connectivity index (χ4n) is 0.673. The molecule has 2 N–H and O–H groups in total. The number of carbonyl (C=O) groups is 1. The number of hydrogen-bond acceptors (Lipinski definition) is 2. The molecule has 0 spiro atoms. The van der Waals surface area contributed by atoms with Gasteiger partial charge in [-0.2, -0.15) is 0 Å². The summed E-state index contributed by atoms with van der Waals surface area (Å²) in [6, 6.07) is 0. The van der Waals surface area contributed by atoms with Crippen LogP contribution in [0.15, 0.2) is 0 Å². The van der Waals surface area contributed by atoms with E-state index in [-0.39, 0.29) is 12.0 Å². The Kier molecular flexibility index (Phi) is 8.85. The van der Waals surface area contributed by atoms with E-state index in [0.29, 0.717) is 13.0 Å². The SMILES string of the molecule is CC.CC(C)OCCC(C)(C)C(N)=O. The minimum atomic E-state index is -0.450. The molecule has 0 bridgehead atoms. The number of rotatable bonds is 5. The van der Waals surface area contributed by atoms with Crippen LogP contribution in [0, 0.1) is 5.41 Å². The van der Waals surface area contributed by atoms with E-state index in [9.17, 15) is 4.79 Å². The largest absolute Gasteiger partial charge is 0.379 e. The van der Waals surface area contributed by atoms with E-state index < -0.39 is 5.41 Å². The monoisotopic (exact) mass is 203 g/mol. The van der Waals surface area contributed by atoms with E-state index in [2.05, 4.69) is 0 Å². The number of amides is 1. The van der Waals surface area contributed by atoms with Gasteiger partial charge in [0.05, 0.1) is 6.10 Å². The number of primary amides is 1. The molecule has 0 fully saturated rings. The normalized spacial score (nSPS) is 10.8. The summed E-state index contributed by atoms with van der Waals surface area (Å²) in [5, 5.41) is 0. The van der Waals surface area contributed by atoms with Crippen molar-refractivity contribution in [3.63, 3.8) is 0 Å². The van der Waals surface area contributed by atoms with Gasteiger partial charge in [0.1, 0.15) is 0 Å². The maximum Gasteiger partial charge on any atom is 0.223 e. The van der Waals surface area contributed by atoms with Crippen LogP contribution in [0.1, 0.15) is 48.0 Å². The minimum Gasteiger partial charge on any atom is -0.379 e. The van der Waals surface area contributed by atoms with Gasteiger partial charge in [0, 0.05) is 12.0 Å². The summed E-state index contributed by atoms with van der Waals surface area (Å²) >= 11 is 0. The average molecular weight is 203 g/mol. The summed E-state index contributed by atoms with van der Waals surface area (Å²) in [6.45, 7) is 12.2. The summed E-state index contributed by atoms with van der Waals surface area (Å²) in [5.41, 5.74) is 4.74. The van der Waals surface area contributed by atoms with E-state index in [1.165, 1.54) is 0 Å². The predicted molar refractivity (Wildman–Crippen MR) is 60.0 cm³/mol. The second kappa shape index (κ2) is 7.80. The van der Waals surface area contributed by atoms with E-state index >= 15 is 0 Å². The van der Waals surface area contributed by atoms with Crippen LogP contribution in [0.3, 0.4) is 0 Å². The fourth-order valence-corrected chi connectivity index (χ4v) is 0.673. The van der Waals surface area contributed by atoms with Gasteiger partial charge in [-0.3, -0.25) is 4.79 Å². The van der Waals surface area contributed by atoms with Crippen LogP contribution in [0.25, 0.3) is 0 Å². The molecule has 0 aromatic heterocycles. The molecule has 86 valence electrons. The molecule has 0 aliphatic rings. The quantitative estimate of drug-likeness (QED) is 0.745. The minimum absolute atomic E-state index is 0.216. The van der Waals surface area contributed by atoms with Crippen LogP contribution in [-0.4, -0.2) is 18.6 Å². The molecular formula is C11H25NO2. The Balaban J connectivity index is 0. The van der Waals surface area contributed by atoms with Gasteiger partial charge in [0.2, 0.25) is 5.91 Å². The lowest BCUT2D eigenvalue weighted by atomic mass is 9.89. The highest BCUT2D eigenvalue weighted by Gasteiger charge is 2.24. The molecule has 0 unspecified atom stereocenters. The number of carbonyl (C=O) groups excluding carboxylic acids is 1.